The highest BCUT2D eigenvalue weighted by Crippen LogP contribution is 2.25. The van der Waals surface area contributed by atoms with E-state index in [9.17, 15) is 8.42 Å². The first-order valence-corrected chi connectivity index (χ1v) is 11.9. The van der Waals surface area contributed by atoms with Crippen molar-refractivity contribution in [3.63, 3.8) is 0 Å². The summed E-state index contributed by atoms with van der Waals surface area (Å²) in [7, 11) is -0.630. The van der Waals surface area contributed by atoms with E-state index < -0.39 is 10.0 Å². The molecule has 0 aliphatic carbocycles. The lowest BCUT2D eigenvalue weighted by Gasteiger charge is -2.11. The molecule has 0 amide bonds. The van der Waals surface area contributed by atoms with Gasteiger partial charge in [0, 0.05) is 23.9 Å². The molecule has 2 aromatic heterocycles. The van der Waals surface area contributed by atoms with Crippen molar-refractivity contribution in [3.8, 4) is 22.9 Å². The highest BCUT2D eigenvalue weighted by molar-refractivity contribution is 7.89. The molecule has 2 heterocycles. The van der Waals surface area contributed by atoms with E-state index >= 15 is 0 Å². The summed E-state index contributed by atoms with van der Waals surface area (Å²) in [4.78, 5) is 5.46. The average Bonchev–Trinajstić information content (AvgIpc) is 3.35. The van der Waals surface area contributed by atoms with Gasteiger partial charge in [-0.3, -0.25) is 0 Å². The van der Waals surface area contributed by atoms with Crippen molar-refractivity contribution >= 4 is 26.3 Å². The minimum atomic E-state index is -3.71. The summed E-state index contributed by atoms with van der Waals surface area (Å²) < 4.78 is 40.3. The monoisotopic (exact) mass is 458 g/mol. The lowest BCUT2D eigenvalue weighted by atomic mass is 10.2. The molecule has 31 heavy (non-hydrogen) atoms. The van der Waals surface area contributed by atoms with Crippen LogP contribution in [0.2, 0.25) is 0 Å². The number of fused-ring (bicyclic) bond motifs is 1. The molecule has 0 bridgehead atoms. The molecular weight excluding hydrogens is 436 g/mol. The minimum Gasteiger partial charge on any atom is -0.497 e. The van der Waals surface area contributed by atoms with E-state index in [4.69, 9.17) is 9.47 Å². The summed E-state index contributed by atoms with van der Waals surface area (Å²) in [6.45, 7) is 2.06. The van der Waals surface area contributed by atoms with Crippen LogP contribution < -0.4 is 14.2 Å². The zero-order chi connectivity index (χ0) is 22.0. The van der Waals surface area contributed by atoms with E-state index in [2.05, 4.69) is 14.8 Å². The maximum absolute atomic E-state index is 12.8. The van der Waals surface area contributed by atoms with Crippen molar-refractivity contribution in [1.29, 1.82) is 0 Å². The Bertz CT molecular complexity index is 1310. The van der Waals surface area contributed by atoms with Crippen molar-refractivity contribution in [1.82, 2.24) is 19.3 Å². The second kappa shape index (κ2) is 8.66. The van der Waals surface area contributed by atoms with Crippen molar-refractivity contribution in [2.24, 2.45) is 0 Å². The number of sulfonamides is 1. The lowest BCUT2D eigenvalue weighted by molar-refractivity contribution is 0.402. The van der Waals surface area contributed by atoms with Crippen LogP contribution >= 0.6 is 11.3 Å². The average molecular weight is 459 g/mol. The third kappa shape index (κ3) is 4.41. The number of methoxy groups -OCH3 is 2. The predicted molar refractivity (Wildman–Crippen MR) is 119 cm³/mol. The topological polar surface area (TPSA) is 94.8 Å². The van der Waals surface area contributed by atoms with Gasteiger partial charge in [0.25, 0.3) is 0 Å². The first kappa shape index (κ1) is 21.3. The summed E-state index contributed by atoms with van der Waals surface area (Å²) in [5, 5.41) is 6.53. The fourth-order valence-corrected chi connectivity index (χ4v) is 5.28. The van der Waals surface area contributed by atoms with Crippen LogP contribution in [0.25, 0.3) is 16.3 Å². The number of aromatic nitrogens is 3. The van der Waals surface area contributed by atoms with Crippen LogP contribution in [0.3, 0.4) is 0 Å². The molecular formula is C21H22N4O4S2. The van der Waals surface area contributed by atoms with Crippen LogP contribution in [0, 0.1) is 6.92 Å². The molecule has 0 aliphatic heterocycles. The van der Waals surface area contributed by atoms with E-state index in [1.165, 1.54) is 18.4 Å². The number of aryl methyl sites for hydroxylation is 1. The van der Waals surface area contributed by atoms with Crippen LogP contribution in [0.1, 0.15) is 11.3 Å². The number of ether oxygens (including phenoxy) is 2. The molecule has 4 aromatic rings. The standard InChI is InChI=1S/C21H22N4O4S2/c1-14-4-9-18(29-3)19(12-14)31(26,27)22-11-10-16-13-30-21-23-20(24-25(16)21)15-5-7-17(28-2)8-6-15/h4-9,12-13,22H,10-11H2,1-3H3. The van der Waals surface area contributed by atoms with E-state index in [0.717, 1.165) is 27.5 Å². The Balaban J connectivity index is 1.49. The largest absolute Gasteiger partial charge is 0.497 e. The fourth-order valence-electron chi connectivity index (χ4n) is 3.14. The quantitative estimate of drug-likeness (QED) is 0.435. The van der Waals surface area contributed by atoms with Gasteiger partial charge in [-0.05, 0) is 48.9 Å². The fraction of sp³-hybridized carbons (Fsp3) is 0.238. The Morgan fingerprint density at radius 1 is 1.10 bits per heavy atom. The van der Waals surface area contributed by atoms with Crippen molar-refractivity contribution in [3.05, 3.63) is 59.1 Å². The Kier molecular flexibility index (Phi) is 5.94. The van der Waals surface area contributed by atoms with Gasteiger partial charge in [-0.1, -0.05) is 6.07 Å². The molecule has 2 aromatic carbocycles. The molecule has 0 saturated heterocycles. The highest BCUT2D eigenvalue weighted by Gasteiger charge is 2.20. The van der Waals surface area contributed by atoms with Crippen molar-refractivity contribution in [2.75, 3.05) is 20.8 Å². The van der Waals surface area contributed by atoms with E-state index in [-0.39, 0.29) is 11.4 Å². The Morgan fingerprint density at radius 3 is 2.58 bits per heavy atom. The van der Waals surface area contributed by atoms with Gasteiger partial charge < -0.3 is 9.47 Å². The molecule has 10 heteroatoms. The van der Waals surface area contributed by atoms with Crippen molar-refractivity contribution in [2.45, 2.75) is 18.2 Å². The molecule has 0 radical (unpaired) electrons. The van der Waals surface area contributed by atoms with Gasteiger partial charge in [0.05, 0.1) is 19.9 Å². The van der Waals surface area contributed by atoms with Gasteiger partial charge in [-0.2, -0.15) is 4.98 Å². The Hall–Kier alpha value is -2.95. The molecule has 0 fully saturated rings. The number of nitrogens with one attached hydrogen (secondary N) is 1. The first-order valence-electron chi connectivity index (χ1n) is 9.53. The molecule has 0 spiro atoms. The number of benzene rings is 2. The number of rotatable bonds is 8. The zero-order valence-corrected chi connectivity index (χ0v) is 19.0. The Labute approximate surface area is 184 Å². The van der Waals surface area contributed by atoms with Gasteiger partial charge >= 0.3 is 0 Å². The Morgan fingerprint density at radius 2 is 1.87 bits per heavy atom. The number of thiazole rings is 1. The maximum atomic E-state index is 12.8. The van der Waals surface area contributed by atoms with Gasteiger partial charge in [-0.15, -0.1) is 16.4 Å². The van der Waals surface area contributed by atoms with E-state index in [0.29, 0.717) is 18.0 Å². The maximum Gasteiger partial charge on any atom is 0.244 e. The van der Waals surface area contributed by atoms with Crippen LogP contribution in [-0.2, 0) is 16.4 Å². The zero-order valence-electron chi connectivity index (χ0n) is 17.3. The van der Waals surface area contributed by atoms with Crippen LogP contribution in [0.4, 0.5) is 0 Å². The lowest BCUT2D eigenvalue weighted by Crippen LogP contribution is -2.26. The minimum absolute atomic E-state index is 0.132. The molecule has 0 atom stereocenters. The third-order valence-corrected chi connectivity index (χ3v) is 7.13. The number of hydrogen-bond donors (Lipinski definition) is 1. The predicted octanol–water partition coefficient (Wildman–Crippen LogP) is 3.30. The normalized spacial score (nSPS) is 11.7. The molecule has 0 aliphatic rings. The third-order valence-electron chi connectivity index (χ3n) is 4.78. The second-order valence-corrected chi connectivity index (χ2v) is 9.46. The van der Waals surface area contributed by atoms with Gasteiger partial charge in [0.2, 0.25) is 15.0 Å². The summed E-state index contributed by atoms with van der Waals surface area (Å²) in [5.41, 5.74) is 2.61. The first-order chi connectivity index (χ1) is 14.9. The molecule has 0 unspecified atom stereocenters. The number of nitrogens with zero attached hydrogens (tertiary/aromatic N) is 3. The van der Waals surface area contributed by atoms with Crippen LogP contribution in [0.5, 0.6) is 11.5 Å². The molecule has 162 valence electrons. The smallest absolute Gasteiger partial charge is 0.244 e. The second-order valence-electron chi connectivity index (χ2n) is 6.89. The molecule has 8 nitrogen and oxygen atoms in total. The van der Waals surface area contributed by atoms with Crippen molar-refractivity contribution < 1.29 is 17.9 Å². The van der Waals surface area contributed by atoms with Crippen LogP contribution in [0.15, 0.2) is 52.7 Å². The molecule has 0 saturated carbocycles. The molecule has 1 N–H and O–H groups in total. The van der Waals surface area contributed by atoms with Gasteiger partial charge in [-0.25, -0.2) is 17.7 Å². The number of hydrogen-bond acceptors (Lipinski definition) is 7. The van der Waals surface area contributed by atoms with Gasteiger partial charge in [0.15, 0.2) is 5.82 Å². The van der Waals surface area contributed by atoms with E-state index in [1.54, 1.807) is 23.8 Å². The highest BCUT2D eigenvalue weighted by atomic mass is 32.2. The van der Waals surface area contributed by atoms with Crippen LogP contribution in [-0.4, -0.2) is 43.8 Å². The summed E-state index contributed by atoms with van der Waals surface area (Å²) in [5.74, 6) is 1.69. The van der Waals surface area contributed by atoms with Gasteiger partial charge in [0.1, 0.15) is 16.4 Å². The summed E-state index contributed by atoms with van der Waals surface area (Å²) in [6, 6.07) is 12.6. The summed E-state index contributed by atoms with van der Waals surface area (Å²) >= 11 is 1.47. The molecule has 4 rings (SSSR count). The SMILES string of the molecule is COc1ccc(-c2nc3scc(CCNS(=O)(=O)c4cc(C)ccc4OC)n3n2)cc1. The summed E-state index contributed by atoms with van der Waals surface area (Å²) in [6.07, 6.45) is 0.471. The van der Waals surface area contributed by atoms with E-state index in [1.807, 2.05) is 42.6 Å².